The number of aryl methyl sites for hydroxylation is 2. The van der Waals surface area contributed by atoms with Crippen molar-refractivity contribution >= 4 is 11.8 Å². The molecule has 0 spiro atoms. The summed E-state index contributed by atoms with van der Waals surface area (Å²) >= 11 is 0. The third kappa shape index (κ3) is 4.14. The van der Waals surface area contributed by atoms with Crippen molar-refractivity contribution in [1.29, 1.82) is 0 Å². The number of amides is 2. The van der Waals surface area contributed by atoms with Gasteiger partial charge in [0.1, 0.15) is 0 Å². The molecule has 9 nitrogen and oxygen atoms in total. The Bertz CT molecular complexity index is 890. The van der Waals surface area contributed by atoms with Gasteiger partial charge in [0.2, 0.25) is 0 Å². The molecule has 1 atom stereocenters. The summed E-state index contributed by atoms with van der Waals surface area (Å²) in [4.78, 5) is 26.3. The predicted octanol–water partition coefficient (Wildman–Crippen LogP) is 1.25. The predicted molar refractivity (Wildman–Crippen MR) is 92.2 cm³/mol. The quantitative estimate of drug-likeness (QED) is 0.558. The second-order valence-electron chi connectivity index (χ2n) is 5.70. The molecule has 2 aromatic heterocycles. The van der Waals surface area contributed by atoms with Gasteiger partial charge >= 0.3 is 11.7 Å². The molecule has 0 fully saturated rings. The molecule has 130 valence electrons. The number of aromatic amines is 2. The van der Waals surface area contributed by atoms with Crippen molar-refractivity contribution in [2.75, 3.05) is 5.32 Å². The zero-order valence-corrected chi connectivity index (χ0v) is 13.9. The van der Waals surface area contributed by atoms with Crippen LogP contribution >= 0.6 is 0 Å². The Kier molecular flexibility index (Phi) is 4.64. The van der Waals surface area contributed by atoms with E-state index in [4.69, 9.17) is 0 Å². The van der Waals surface area contributed by atoms with Crippen LogP contribution in [-0.4, -0.2) is 31.0 Å². The van der Waals surface area contributed by atoms with Crippen molar-refractivity contribution < 1.29 is 4.79 Å². The van der Waals surface area contributed by atoms with Crippen LogP contribution in [0, 0.1) is 6.92 Å². The highest BCUT2D eigenvalue weighted by atomic mass is 16.2. The summed E-state index contributed by atoms with van der Waals surface area (Å²) in [6.45, 7) is 1.89. The number of hydrogen-bond donors (Lipinski definition) is 4. The monoisotopic (exact) mass is 341 g/mol. The maximum Gasteiger partial charge on any atom is 0.340 e. The molecule has 0 saturated heterocycles. The Morgan fingerprint density at radius 1 is 1.32 bits per heavy atom. The summed E-state index contributed by atoms with van der Waals surface area (Å²) in [6.07, 6.45) is 0.482. The number of benzene rings is 1. The number of hydrogen-bond acceptors (Lipinski definition) is 4. The minimum Gasteiger partial charge on any atom is -0.327 e. The van der Waals surface area contributed by atoms with E-state index in [2.05, 4.69) is 30.9 Å². The minimum atomic E-state index is -0.494. The van der Waals surface area contributed by atoms with Gasteiger partial charge in [-0.1, -0.05) is 30.3 Å². The van der Waals surface area contributed by atoms with Gasteiger partial charge in [0, 0.05) is 25.2 Å². The molecular formula is C16H19N7O2. The molecule has 2 amide bonds. The third-order valence-electron chi connectivity index (χ3n) is 3.79. The number of carbonyl (C=O) groups excluding carboxylic acids is 1. The molecule has 1 unspecified atom stereocenters. The first kappa shape index (κ1) is 16.5. The number of carbonyl (C=O) groups is 1. The second kappa shape index (κ2) is 7.04. The topological polar surface area (TPSA) is 120 Å². The first-order chi connectivity index (χ1) is 12.0. The van der Waals surface area contributed by atoms with Crippen molar-refractivity contribution in [3.8, 4) is 0 Å². The van der Waals surface area contributed by atoms with Crippen LogP contribution in [0.2, 0.25) is 0 Å². The standard InChI is InChI=1S/C16H19N7O2/c1-10-8-13(22-23(10)2)18-15(24)17-12(14-19-16(25)21-20-14)9-11-6-4-3-5-7-11/h3-8,12H,9H2,1-2H3,(H2,17,18,22,24)(H2,19,20,21,25). The fraction of sp³-hybridized carbons (Fsp3) is 0.250. The Morgan fingerprint density at radius 2 is 2.08 bits per heavy atom. The number of nitrogens with one attached hydrogen (secondary N) is 4. The van der Waals surface area contributed by atoms with E-state index < -0.39 is 17.8 Å². The number of H-pyrrole nitrogens is 2. The van der Waals surface area contributed by atoms with Gasteiger partial charge in [-0.3, -0.25) is 15.0 Å². The van der Waals surface area contributed by atoms with E-state index in [1.165, 1.54) is 0 Å². The van der Waals surface area contributed by atoms with Crippen LogP contribution in [0.3, 0.4) is 0 Å². The molecule has 0 aliphatic rings. The van der Waals surface area contributed by atoms with Crippen molar-refractivity contribution in [2.24, 2.45) is 7.05 Å². The lowest BCUT2D eigenvalue weighted by molar-refractivity contribution is 0.248. The second-order valence-corrected chi connectivity index (χ2v) is 5.70. The van der Waals surface area contributed by atoms with E-state index in [9.17, 15) is 9.59 Å². The average molecular weight is 341 g/mol. The number of anilines is 1. The number of rotatable bonds is 5. The molecule has 0 bridgehead atoms. The third-order valence-corrected chi connectivity index (χ3v) is 3.79. The van der Waals surface area contributed by atoms with Crippen LogP contribution in [0.25, 0.3) is 0 Å². The molecule has 2 heterocycles. The van der Waals surface area contributed by atoms with Gasteiger partial charge in [-0.2, -0.15) is 10.2 Å². The first-order valence-corrected chi connectivity index (χ1v) is 7.78. The maximum absolute atomic E-state index is 12.3. The summed E-state index contributed by atoms with van der Waals surface area (Å²) in [5, 5.41) is 15.9. The molecule has 0 aliphatic heterocycles. The van der Waals surface area contributed by atoms with Gasteiger partial charge in [-0.15, -0.1) is 0 Å². The molecule has 0 radical (unpaired) electrons. The highest BCUT2D eigenvalue weighted by Gasteiger charge is 2.19. The van der Waals surface area contributed by atoms with Gasteiger partial charge in [-0.25, -0.2) is 14.7 Å². The molecule has 4 N–H and O–H groups in total. The molecular weight excluding hydrogens is 322 g/mol. The Labute approximate surface area is 143 Å². The fourth-order valence-corrected chi connectivity index (χ4v) is 2.45. The Hall–Kier alpha value is -3.36. The lowest BCUT2D eigenvalue weighted by atomic mass is 10.1. The summed E-state index contributed by atoms with van der Waals surface area (Å²) in [7, 11) is 1.80. The largest absolute Gasteiger partial charge is 0.340 e. The highest BCUT2D eigenvalue weighted by Crippen LogP contribution is 2.14. The van der Waals surface area contributed by atoms with E-state index >= 15 is 0 Å². The minimum absolute atomic E-state index is 0.362. The van der Waals surface area contributed by atoms with Crippen LogP contribution in [0.1, 0.15) is 23.1 Å². The summed E-state index contributed by atoms with van der Waals surface area (Å²) in [5.41, 5.74) is 1.51. The molecule has 3 rings (SSSR count). The molecule has 9 heteroatoms. The molecule has 0 aliphatic carbocycles. The van der Waals surface area contributed by atoms with Gasteiger partial charge in [0.25, 0.3) is 0 Å². The van der Waals surface area contributed by atoms with Crippen LogP contribution in [0.4, 0.5) is 10.6 Å². The Morgan fingerprint density at radius 3 is 2.68 bits per heavy atom. The Balaban J connectivity index is 1.74. The number of urea groups is 1. The van der Waals surface area contributed by atoms with Gasteiger partial charge in [-0.05, 0) is 12.5 Å². The van der Waals surface area contributed by atoms with E-state index in [1.807, 2.05) is 37.3 Å². The van der Waals surface area contributed by atoms with Gasteiger partial charge in [0.15, 0.2) is 11.6 Å². The van der Waals surface area contributed by atoms with Crippen molar-refractivity contribution in [1.82, 2.24) is 30.3 Å². The van der Waals surface area contributed by atoms with Gasteiger partial charge < -0.3 is 5.32 Å². The van der Waals surface area contributed by atoms with E-state index in [0.29, 0.717) is 18.1 Å². The zero-order chi connectivity index (χ0) is 17.8. The van der Waals surface area contributed by atoms with Crippen LogP contribution in [-0.2, 0) is 13.5 Å². The van der Waals surface area contributed by atoms with Crippen LogP contribution < -0.4 is 16.3 Å². The fourth-order valence-electron chi connectivity index (χ4n) is 2.45. The molecule has 3 aromatic rings. The summed E-state index contributed by atoms with van der Waals surface area (Å²) in [5.74, 6) is 0.813. The normalized spacial score (nSPS) is 11.9. The highest BCUT2D eigenvalue weighted by molar-refractivity contribution is 5.88. The lowest BCUT2D eigenvalue weighted by Crippen LogP contribution is -2.34. The zero-order valence-electron chi connectivity index (χ0n) is 13.9. The van der Waals surface area contributed by atoms with Gasteiger partial charge in [0.05, 0.1) is 6.04 Å². The average Bonchev–Trinajstić information content (AvgIpc) is 3.13. The summed E-state index contributed by atoms with van der Waals surface area (Å²) < 4.78 is 1.67. The van der Waals surface area contributed by atoms with Crippen molar-refractivity contribution in [3.63, 3.8) is 0 Å². The van der Waals surface area contributed by atoms with Crippen LogP contribution in [0.5, 0.6) is 0 Å². The number of nitrogens with zero attached hydrogens (tertiary/aromatic N) is 3. The van der Waals surface area contributed by atoms with Crippen molar-refractivity contribution in [2.45, 2.75) is 19.4 Å². The lowest BCUT2D eigenvalue weighted by Gasteiger charge is -2.16. The molecule has 1 aromatic carbocycles. The van der Waals surface area contributed by atoms with E-state index in [-0.39, 0.29) is 0 Å². The van der Waals surface area contributed by atoms with E-state index in [0.717, 1.165) is 11.3 Å². The molecule has 25 heavy (non-hydrogen) atoms. The number of aromatic nitrogens is 5. The maximum atomic E-state index is 12.3. The van der Waals surface area contributed by atoms with E-state index in [1.54, 1.807) is 17.8 Å². The molecule has 0 saturated carbocycles. The van der Waals surface area contributed by atoms with Crippen LogP contribution in [0.15, 0.2) is 41.2 Å². The smallest absolute Gasteiger partial charge is 0.327 e. The SMILES string of the molecule is Cc1cc(NC(=O)NC(Cc2ccccc2)c2n[nH]c(=O)[nH]2)nn1C. The summed E-state index contributed by atoms with van der Waals surface area (Å²) in [6, 6.07) is 10.5. The first-order valence-electron chi connectivity index (χ1n) is 7.78. The van der Waals surface area contributed by atoms with Crippen molar-refractivity contribution in [3.05, 3.63) is 64.0 Å².